The van der Waals surface area contributed by atoms with E-state index in [9.17, 15) is 14.7 Å². The summed E-state index contributed by atoms with van der Waals surface area (Å²) in [7, 11) is 3.99. The largest absolute Gasteiger partial charge is 0.480 e. The number of aliphatic carboxylic acids is 1. The minimum Gasteiger partial charge on any atom is -0.480 e. The van der Waals surface area contributed by atoms with Crippen LogP contribution in [0.3, 0.4) is 0 Å². The zero-order valence-electron chi connectivity index (χ0n) is 16.9. The molecule has 0 bridgehead atoms. The summed E-state index contributed by atoms with van der Waals surface area (Å²) in [6.45, 7) is 3.86. The number of benzene rings is 2. The molecule has 0 spiro atoms. The first-order valence-electron chi connectivity index (χ1n) is 9.39. The highest BCUT2D eigenvalue weighted by molar-refractivity contribution is 8.26. The SMILES string of the molecule is CC(C)C[C@H](C(=O)O)N1C(=O)/C(=C/c2ccc(N(C)C)c3ccccc23)SC1=S. The normalized spacial score (nSPS) is 16.9. The lowest BCUT2D eigenvalue weighted by molar-refractivity contribution is -0.145. The molecular formula is C22H24N2O3S2. The van der Waals surface area contributed by atoms with Gasteiger partial charge in [-0.3, -0.25) is 9.69 Å². The standard InChI is InChI=1S/C22H24N2O3S2/c1-13(2)11-18(21(26)27)24-20(25)19(29-22(24)28)12-14-9-10-17(23(3)4)16-8-6-5-7-15(14)16/h5-10,12-13,18H,11H2,1-4H3,(H,26,27)/b19-12-/t18-/m1/s1. The third kappa shape index (κ3) is 4.31. The summed E-state index contributed by atoms with van der Waals surface area (Å²) < 4.78 is 0.295. The molecule has 0 radical (unpaired) electrons. The van der Waals surface area contributed by atoms with Gasteiger partial charge in [-0.05, 0) is 35.4 Å². The summed E-state index contributed by atoms with van der Waals surface area (Å²) in [6.07, 6.45) is 2.17. The number of rotatable bonds is 6. The number of hydrogen-bond acceptors (Lipinski definition) is 5. The lowest BCUT2D eigenvalue weighted by Gasteiger charge is -2.24. The number of carbonyl (C=O) groups is 2. The molecule has 1 heterocycles. The summed E-state index contributed by atoms with van der Waals surface area (Å²) in [4.78, 5) is 28.6. The molecule has 3 rings (SSSR count). The number of hydrogen-bond donors (Lipinski definition) is 1. The van der Waals surface area contributed by atoms with Crippen molar-refractivity contribution in [1.82, 2.24) is 4.90 Å². The molecule has 1 N–H and O–H groups in total. The maximum absolute atomic E-state index is 13.0. The Kier molecular flexibility index (Phi) is 6.29. The molecule has 0 unspecified atom stereocenters. The van der Waals surface area contributed by atoms with Gasteiger partial charge in [0.05, 0.1) is 4.91 Å². The maximum atomic E-state index is 13.0. The Hall–Kier alpha value is -2.38. The third-order valence-corrected chi connectivity index (χ3v) is 6.15. The van der Waals surface area contributed by atoms with Crippen molar-refractivity contribution in [3.63, 3.8) is 0 Å². The first kappa shape index (κ1) is 21.3. The van der Waals surface area contributed by atoms with Crippen LogP contribution in [-0.4, -0.2) is 46.3 Å². The zero-order valence-corrected chi connectivity index (χ0v) is 18.5. The van der Waals surface area contributed by atoms with Crippen molar-refractivity contribution in [2.75, 3.05) is 19.0 Å². The number of nitrogens with zero attached hydrogens (tertiary/aromatic N) is 2. The van der Waals surface area contributed by atoms with Gasteiger partial charge in [-0.15, -0.1) is 0 Å². The fourth-order valence-corrected chi connectivity index (χ4v) is 4.82. The predicted molar refractivity (Wildman–Crippen MR) is 124 cm³/mol. The van der Waals surface area contributed by atoms with Crippen LogP contribution in [0.15, 0.2) is 41.3 Å². The van der Waals surface area contributed by atoms with Crippen LogP contribution >= 0.6 is 24.0 Å². The fourth-order valence-electron chi connectivity index (χ4n) is 3.48. The smallest absolute Gasteiger partial charge is 0.326 e. The Bertz CT molecular complexity index is 1010. The van der Waals surface area contributed by atoms with Crippen molar-refractivity contribution in [3.05, 3.63) is 46.9 Å². The van der Waals surface area contributed by atoms with E-state index in [-0.39, 0.29) is 11.8 Å². The lowest BCUT2D eigenvalue weighted by atomic mass is 10.0. The first-order chi connectivity index (χ1) is 13.7. The molecule has 0 aliphatic carbocycles. The van der Waals surface area contributed by atoms with E-state index in [0.29, 0.717) is 15.6 Å². The van der Waals surface area contributed by atoms with Gasteiger partial charge in [0, 0.05) is 25.2 Å². The number of carbonyl (C=O) groups excluding carboxylic acids is 1. The average molecular weight is 429 g/mol. The molecule has 5 nitrogen and oxygen atoms in total. The molecule has 1 saturated heterocycles. The van der Waals surface area contributed by atoms with E-state index in [4.69, 9.17) is 12.2 Å². The number of fused-ring (bicyclic) bond motifs is 1. The van der Waals surface area contributed by atoms with Crippen LogP contribution in [0.25, 0.3) is 16.8 Å². The molecule has 1 aliphatic heterocycles. The van der Waals surface area contributed by atoms with Gasteiger partial charge in [0.25, 0.3) is 5.91 Å². The number of anilines is 1. The molecule has 0 aromatic heterocycles. The van der Waals surface area contributed by atoms with Crippen molar-refractivity contribution in [2.24, 2.45) is 5.92 Å². The van der Waals surface area contributed by atoms with Crippen molar-refractivity contribution >= 4 is 62.7 Å². The molecule has 1 amide bonds. The van der Waals surface area contributed by atoms with Crippen LogP contribution < -0.4 is 4.90 Å². The molecular weight excluding hydrogens is 404 g/mol. The third-order valence-electron chi connectivity index (χ3n) is 4.82. The monoisotopic (exact) mass is 428 g/mol. The van der Waals surface area contributed by atoms with Crippen molar-refractivity contribution in [3.8, 4) is 0 Å². The van der Waals surface area contributed by atoms with E-state index in [2.05, 4.69) is 11.0 Å². The van der Waals surface area contributed by atoms with Gasteiger partial charge < -0.3 is 10.0 Å². The molecule has 152 valence electrons. The number of carboxylic acids is 1. The Morgan fingerprint density at radius 3 is 2.45 bits per heavy atom. The summed E-state index contributed by atoms with van der Waals surface area (Å²) in [5.41, 5.74) is 2.00. The van der Waals surface area contributed by atoms with Gasteiger partial charge in [-0.2, -0.15) is 0 Å². The van der Waals surface area contributed by atoms with Crippen LogP contribution in [-0.2, 0) is 9.59 Å². The van der Waals surface area contributed by atoms with E-state index in [1.807, 2.05) is 64.4 Å². The molecule has 29 heavy (non-hydrogen) atoms. The molecule has 7 heteroatoms. The summed E-state index contributed by atoms with van der Waals surface area (Å²) in [5.74, 6) is -1.24. The van der Waals surface area contributed by atoms with E-state index < -0.39 is 12.0 Å². The maximum Gasteiger partial charge on any atom is 0.326 e. The molecule has 2 aromatic carbocycles. The molecule has 2 aromatic rings. The number of thiocarbonyl (C=S) groups is 1. The summed E-state index contributed by atoms with van der Waals surface area (Å²) in [6, 6.07) is 11.1. The summed E-state index contributed by atoms with van der Waals surface area (Å²) >= 11 is 6.53. The molecule has 1 atom stereocenters. The minimum absolute atomic E-state index is 0.132. The van der Waals surface area contributed by atoms with E-state index in [1.165, 1.54) is 4.90 Å². The van der Waals surface area contributed by atoms with Gasteiger partial charge in [-0.1, -0.05) is 68.2 Å². The summed E-state index contributed by atoms with van der Waals surface area (Å²) in [5, 5.41) is 11.7. The van der Waals surface area contributed by atoms with Gasteiger partial charge in [0.2, 0.25) is 0 Å². The van der Waals surface area contributed by atoms with Crippen molar-refractivity contribution in [1.29, 1.82) is 0 Å². The number of thioether (sulfide) groups is 1. The van der Waals surface area contributed by atoms with E-state index >= 15 is 0 Å². The Morgan fingerprint density at radius 1 is 1.21 bits per heavy atom. The highest BCUT2D eigenvalue weighted by Gasteiger charge is 2.40. The van der Waals surface area contributed by atoms with Crippen molar-refractivity contribution in [2.45, 2.75) is 26.3 Å². The first-order valence-corrected chi connectivity index (χ1v) is 10.6. The van der Waals surface area contributed by atoms with Crippen LogP contribution in [0, 0.1) is 5.92 Å². The van der Waals surface area contributed by atoms with Gasteiger partial charge >= 0.3 is 5.97 Å². The zero-order chi connectivity index (χ0) is 21.3. The second kappa shape index (κ2) is 8.55. The Balaban J connectivity index is 2.02. The highest BCUT2D eigenvalue weighted by atomic mass is 32.2. The topological polar surface area (TPSA) is 60.9 Å². The lowest BCUT2D eigenvalue weighted by Crippen LogP contribution is -2.44. The Labute approximate surface area is 180 Å². The molecule has 1 aliphatic rings. The minimum atomic E-state index is -1.03. The highest BCUT2D eigenvalue weighted by Crippen LogP contribution is 2.37. The van der Waals surface area contributed by atoms with Crippen LogP contribution in [0.4, 0.5) is 5.69 Å². The van der Waals surface area contributed by atoms with Gasteiger partial charge in [-0.25, -0.2) is 4.79 Å². The second-order valence-electron chi connectivity index (χ2n) is 7.65. The van der Waals surface area contributed by atoms with Crippen molar-refractivity contribution < 1.29 is 14.7 Å². The average Bonchev–Trinajstić information content (AvgIpc) is 2.92. The number of amides is 1. The molecule has 1 fully saturated rings. The van der Waals surface area contributed by atoms with Gasteiger partial charge in [0.15, 0.2) is 0 Å². The Morgan fingerprint density at radius 2 is 1.86 bits per heavy atom. The second-order valence-corrected chi connectivity index (χ2v) is 9.32. The van der Waals surface area contributed by atoms with Crippen LogP contribution in [0.2, 0.25) is 0 Å². The van der Waals surface area contributed by atoms with E-state index in [1.54, 1.807) is 0 Å². The van der Waals surface area contributed by atoms with Crippen LogP contribution in [0.1, 0.15) is 25.8 Å². The van der Waals surface area contributed by atoms with E-state index in [0.717, 1.165) is 33.8 Å². The van der Waals surface area contributed by atoms with Crippen LogP contribution in [0.5, 0.6) is 0 Å². The fraction of sp³-hybridized carbons (Fsp3) is 0.318. The quantitative estimate of drug-likeness (QED) is 0.536. The van der Waals surface area contributed by atoms with Gasteiger partial charge in [0.1, 0.15) is 10.4 Å². The molecule has 0 saturated carbocycles. The predicted octanol–water partition coefficient (Wildman–Crippen LogP) is 4.61. The number of carboxylic acid groups (broad SMARTS) is 1.